The lowest BCUT2D eigenvalue weighted by atomic mass is 10.2. The fraction of sp³-hybridized carbons (Fsp3) is 0. The predicted octanol–water partition coefficient (Wildman–Crippen LogP) is 2.13. The van der Waals surface area contributed by atoms with Gasteiger partial charge in [-0.2, -0.15) is 5.10 Å². The number of nitrogens with one attached hydrogen (secondary N) is 1. The predicted molar refractivity (Wildman–Crippen MR) is 56.7 cm³/mol. The van der Waals surface area contributed by atoms with Gasteiger partial charge in [0.2, 0.25) is 0 Å². The molecule has 0 aromatic heterocycles. The number of hydrazone groups is 1. The average Bonchev–Trinajstić information content (AvgIpc) is 2.18. The van der Waals surface area contributed by atoms with Gasteiger partial charge in [-0.05, 0) is 6.07 Å². The van der Waals surface area contributed by atoms with E-state index in [1.807, 2.05) is 5.43 Å². The number of rotatable bonds is 2. The quantitative estimate of drug-likeness (QED) is 0.471. The molecule has 0 heterocycles. The van der Waals surface area contributed by atoms with Gasteiger partial charge in [0.25, 0.3) is 0 Å². The largest absolute Gasteiger partial charge is 0.350 e. The highest BCUT2D eigenvalue weighted by molar-refractivity contribution is 6.36. The number of carbonyl (C=O) groups excluding carboxylic acids is 1. The molecule has 0 radical (unpaired) electrons. The molecule has 0 saturated heterocycles. The normalized spacial score (nSPS) is 10.6. The third-order valence-corrected chi connectivity index (χ3v) is 2.12. The number of carbonyl (C=O) groups is 1. The number of nitrogens with two attached hydrogens (primary N) is 1. The first-order valence-electron chi connectivity index (χ1n) is 3.74. The maximum atomic E-state index is 13.1. The van der Waals surface area contributed by atoms with E-state index in [4.69, 9.17) is 28.9 Å². The fourth-order valence-electron chi connectivity index (χ4n) is 0.806. The van der Waals surface area contributed by atoms with E-state index in [2.05, 4.69) is 5.10 Å². The molecule has 0 fully saturated rings. The van der Waals surface area contributed by atoms with Crippen LogP contribution in [0.2, 0.25) is 10.0 Å². The molecule has 0 aliphatic heterocycles. The van der Waals surface area contributed by atoms with E-state index in [1.165, 1.54) is 12.1 Å². The second-order valence-electron chi connectivity index (χ2n) is 2.50. The summed E-state index contributed by atoms with van der Waals surface area (Å²) in [6, 6.07) is 1.96. The number of urea groups is 1. The number of hydrogen-bond acceptors (Lipinski definition) is 2. The third kappa shape index (κ3) is 3.07. The summed E-state index contributed by atoms with van der Waals surface area (Å²) in [5.41, 5.74) is 6.99. The van der Waals surface area contributed by atoms with Gasteiger partial charge in [-0.25, -0.2) is 14.6 Å². The number of amides is 2. The third-order valence-electron chi connectivity index (χ3n) is 1.44. The van der Waals surface area contributed by atoms with Crippen LogP contribution in [0.15, 0.2) is 17.2 Å². The van der Waals surface area contributed by atoms with Crippen LogP contribution in [0.4, 0.5) is 9.18 Å². The van der Waals surface area contributed by atoms with Gasteiger partial charge in [-0.3, -0.25) is 0 Å². The summed E-state index contributed by atoms with van der Waals surface area (Å²) in [7, 11) is 0. The zero-order valence-corrected chi connectivity index (χ0v) is 8.81. The van der Waals surface area contributed by atoms with Crippen LogP contribution in [0.3, 0.4) is 0 Å². The van der Waals surface area contributed by atoms with Crippen molar-refractivity contribution in [1.29, 1.82) is 0 Å². The van der Waals surface area contributed by atoms with Gasteiger partial charge in [-0.1, -0.05) is 29.3 Å². The van der Waals surface area contributed by atoms with Crippen molar-refractivity contribution in [2.45, 2.75) is 0 Å². The first kappa shape index (κ1) is 11.7. The van der Waals surface area contributed by atoms with Crippen molar-refractivity contribution in [3.05, 3.63) is 33.6 Å². The number of nitrogens with zero attached hydrogens (tertiary/aromatic N) is 1. The zero-order valence-electron chi connectivity index (χ0n) is 7.30. The number of halogens is 3. The van der Waals surface area contributed by atoms with Crippen LogP contribution in [-0.4, -0.2) is 12.2 Å². The van der Waals surface area contributed by atoms with Crippen LogP contribution in [0, 0.1) is 5.82 Å². The molecular weight excluding hydrogens is 244 g/mol. The molecule has 0 unspecified atom stereocenters. The summed E-state index contributed by atoms with van der Waals surface area (Å²) >= 11 is 11.1. The minimum absolute atomic E-state index is 0.0833. The highest BCUT2D eigenvalue weighted by Gasteiger charge is 2.08. The molecule has 15 heavy (non-hydrogen) atoms. The summed E-state index contributed by atoms with van der Waals surface area (Å²) in [6.07, 6.45) is 1.16. The van der Waals surface area contributed by atoms with E-state index in [0.29, 0.717) is 0 Å². The second-order valence-corrected chi connectivity index (χ2v) is 3.28. The van der Waals surface area contributed by atoms with Crippen molar-refractivity contribution < 1.29 is 9.18 Å². The van der Waals surface area contributed by atoms with E-state index in [1.54, 1.807) is 0 Å². The van der Waals surface area contributed by atoms with Crippen molar-refractivity contribution >= 4 is 35.4 Å². The van der Waals surface area contributed by atoms with E-state index >= 15 is 0 Å². The second kappa shape index (κ2) is 4.95. The van der Waals surface area contributed by atoms with Crippen molar-refractivity contribution in [2.24, 2.45) is 10.8 Å². The van der Waals surface area contributed by atoms with Crippen molar-refractivity contribution in [1.82, 2.24) is 5.43 Å². The Balaban J connectivity index is 2.92. The highest BCUT2D eigenvalue weighted by Crippen LogP contribution is 2.25. The molecule has 80 valence electrons. The van der Waals surface area contributed by atoms with Crippen molar-refractivity contribution in [2.75, 3.05) is 0 Å². The van der Waals surface area contributed by atoms with Crippen LogP contribution >= 0.6 is 23.2 Å². The van der Waals surface area contributed by atoms with Crippen LogP contribution in [0.1, 0.15) is 5.56 Å². The maximum Gasteiger partial charge on any atom is 0.332 e. The maximum absolute atomic E-state index is 13.1. The van der Waals surface area contributed by atoms with Crippen LogP contribution in [0.25, 0.3) is 0 Å². The molecule has 0 bridgehead atoms. The summed E-state index contributed by atoms with van der Waals surface area (Å²) in [5, 5.41) is 3.18. The van der Waals surface area contributed by atoms with E-state index in [0.717, 1.165) is 6.21 Å². The average molecular weight is 250 g/mol. The Morgan fingerprint density at radius 1 is 1.53 bits per heavy atom. The summed E-state index contributed by atoms with van der Waals surface area (Å²) in [5.74, 6) is -0.735. The Hall–Kier alpha value is -1.33. The van der Waals surface area contributed by atoms with Crippen molar-refractivity contribution in [3.63, 3.8) is 0 Å². The van der Waals surface area contributed by atoms with Gasteiger partial charge in [0.1, 0.15) is 0 Å². The summed E-state index contributed by atoms with van der Waals surface area (Å²) in [4.78, 5) is 10.3. The monoisotopic (exact) mass is 249 g/mol. The molecule has 0 saturated carbocycles. The molecule has 1 rings (SSSR count). The van der Waals surface area contributed by atoms with Gasteiger partial charge >= 0.3 is 6.03 Å². The topological polar surface area (TPSA) is 67.5 Å². The minimum atomic E-state index is -0.822. The first-order valence-corrected chi connectivity index (χ1v) is 4.50. The Morgan fingerprint density at radius 3 is 2.80 bits per heavy atom. The van der Waals surface area contributed by atoms with E-state index in [-0.39, 0.29) is 15.6 Å². The van der Waals surface area contributed by atoms with Crippen molar-refractivity contribution in [3.8, 4) is 0 Å². The van der Waals surface area contributed by atoms with Gasteiger partial charge in [-0.15, -0.1) is 0 Å². The Labute approximate surface area is 94.9 Å². The molecule has 0 aliphatic carbocycles. The standard InChI is InChI=1S/C8H6Cl2FN3O/c9-5-2-1-4(6(10)7(5)11)3-13-14-8(12)15/h1-3H,(H3,12,14,15). The van der Waals surface area contributed by atoms with Crippen LogP contribution in [-0.2, 0) is 0 Å². The molecule has 7 heteroatoms. The molecule has 1 aromatic carbocycles. The number of hydrogen-bond donors (Lipinski definition) is 2. The SMILES string of the molecule is NC(=O)NN=Cc1ccc(Cl)c(F)c1Cl. The number of benzene rings is 1. The zero-order chi connectivity index (χ0) is 11.4. The fourth-order valence-corrected chi connectivity index (χ4v) is 1.23. The first-order chi connectivity index (χ1) is 7.02. The summed E-state index contributed by atoms with van der Waals surface area (Å²) < 4.78 is 13.1. The van der Waals surface area contributed by atoms with Gasteiger partial charge in [0, 0.05) is 5.56 Å². The molecule has 4 nitrogen and oxygen atoms in total. The van der Waals surface area contributed by atoms with Gasteiger partial charge < -0.3 is 5.73 Å². The lowest BCUT2D eigenvalue weighted by Crippen LogP contribution is -2.24. The highest BCUT2D eigenvalue weighted by atomic mass is 35.5. The lowest BCUT2D eigenvalue weighted by molar-refractivity contribution is 0.249. The minimum Gasteiger partial charge on any atom is -0.350 e. The number of primary amides is 1. The smallest absolute Gasteiger partial charge is 0.332 e. The molecular formula is C8H6Cl2FN3O. The molecule has 0 atom stereocenters. The lowest BCUT2D eigenvalue weighted by Gasteiger charge is -2.00. The van der Waals surface area contributed by atoms with Gasteiger partial charge in [0.15, 0.2) is 5.82 Å². The molecule has 2 amide bonds. The van der Waals surface area contributed by atoms with Crippen LogP contribution < -0.4 is 11.2 Å². The Bertz CT molecular complexity index is 423. The Kier molecular flexibility index (Phi) is 3.88. The van der Waals surface area contributed by atoms with E-state index in [9.17, 15) is 9.18 Å². The van der Waals surface area contributed by atoms with Crippen LogP contribution in [0.5, 0.6) is 0 Å². The molecule has 0 aliphatic rings. The molecule has 0 spiro atoms. The molecule has 1 aromatic rings. The van der Waals surface area contributed by atoms with Gasteiger partial charge in [0.05, 0.1) is 16.3 Å². The van der Waals surface area contributed by atoms with E-state index < -0.39 is 11.8 Å². The summed E-state index contributed by atoms with van der Waals surface area (Å²) in [6.45, 7) is 0. The Morgan fingerprint density at radius 2 is 2.20 bits per heavy atom. The molecule has 3 N–H and O–H groups in total.